The Morgan fingerprint density at radius 2 is 1.75 bits per heavy atom. The third-order valence-electron chi connectivity index (χ3n) is 3.08. The number of hydrogen-bond acceptors (Lipinski definition) is 4. The zero-order valence-electron chi connectivity index (χ0n) is 11.6. The molecule has 0 saturated carbocycles. The molecule has 2 aromatic rings. The Morgan fingerprint density at radius 3 is 2.30 bits per heavy atom. The number of hydrogen-bond donors (Lipinski definition) is 2. The van der Waals surface area contributed by atoms with Gasteiger partial charge in [0, 0.05) is 24.2 Å². The van der Waals surface area contributed by atoms with Gasteiger partial charge in [-0.1, -0.05) is 12.1 Å². The number of aryl methyl sites for hydroxylation is 1. The summed E-state index contributed by atoms with van der Waals surface area (Å²) in [6.45, 7) is 2.63. The maximum atomic E-state index is 11.4. The predicted molar refractivity (Wildman–Crippen MR) is 82.5 cm³/mol. The van der Waals surface area contributed by atoms with Crippen LogP contribution in [-0.4, -0.2) is 14.7 Å². The molecule has 0 amide bonds. The molecule has 4 nitrogen and oxygen atoms in total. The molecule has 0 aliphatic heterocycles. The van der Waals surface area contributed by atoms with Crippen LogP contribution >= 0.6 is 0 Å². The number of anilines is 2. The molecule has 0 fully saturated rings. The van der Waals surface area contributed by atoms with Gasteiger partial charge in [-0.2, -0.15) is 0 Å². The summed E-state index contributed by atoms with van der Waals surface area (Å²) in [5.41, 5.74) is 9.57. The Labute approximate surface area is 119 Å². The molecule has 0 radical (unpaired) electrons. The number of sulfone groups is 1. The minimum Gasteiger partial charge on any atom is -0.399 e. The average molecular weight is 290 g/mol. The molecular formula is C15H18N2O2S. The molecule has 0 unspecified atom stereocenters. The van der Waals surface area contributed by atoms with E-state index in [1.54, 1.807) is 12.1 Å². The number of nitrogen functional groups attached to an aromatic ring is 1. The van der Waals surface area contributed by atoms with Crippen LogP contribution in [0, 0.1) is 6.92 Å². The monoisotopic (exact) mass is 290 g/mol. The first-order valence-corrected chi connectivity index (χ1v) is 8.14. The Morgan fingerprint density at radius 1 is 1.10 bits per heavy atom. The molecule has 0 atom stereocenters. The second-order valence-electron chi connectivity index (χ2n) is 4.84. The molecule has 2 aromatic carbocycles. The summed E-state index contributed by atoms with van der Waals surface area (Å²) in [7, 11) is -3.13. The number of benzene rings is 2. The Bertz CT molecular complexity index is 707. The highest BCUT2D eigenvalue weighted by Gasteiger charge is 2.06. The lowest BCUT2D eigenvalue weighted by atomic mass is 10.1. The van der Waals surface area contributed by atoms with Crippen LogP contribution in [0.2, 0.25) is 0 Å². The highest BCUT2D eigenvalue weighted by Crippen LogP contribution is 2.19. The quantitative estimate of drug-likeness (QED) is 0.849. The highest BCUT2D eigenvalue weighted by molar-refractivity contribution is 7.90. The third-order valence-corrected chi connectivity index (χ3v) is 4.21. The summed E-state index contributed by atoms with van der Waals surface area (Å²) >= 11 is 0. The highest BCUT2D eigenvalue weighted by atomic mass is 32.2. The van der Waals surface area contributed by atoms with E-state index in [0.717, 1.165) is 22.5 Å². The molecule has 106 valence electrons. The zero-order valence-corrected chi connectivity index (χ0v) is 12.4. The normalized spacial score (nSPS) is 11.3. The SMILES string of the molecule is Cc1cc(N)ccc1NCc1ccc(S(C)(=O)=O)cc1. The minimum atomic E-state index is -3.13. The van der Waals surface area contributed by atoms with E-state index in [9.17, 15) is 8.42 Å². The third kappa shape index (κ3) is 3.51. The molecule has 2 rings (SSSR count). The van der Waals surface area contributed by atoms with Crippen LogP contribution in [-0.2, 0) is 16.4 Å². The lowest BCUT2D eigenvalue weighted by molar-refractivity contribution is 0.602. The van der Waals surface area contributed by atoms with Gasteiger partial charge in [0.15, 0.2) is 9.84 Å². The van der Waals surface area contributed by atoms with Gasteiger partial charge in [0.25, 0.3) is 0 Å². The fourth-order valence-corrected chi connectivity index (χ4v) is 2.57. The van der Waals surface area contributed by atoms with Crippen molar-refractivity contribution in [3.05, 3.63) is 53.6 Å². The summed E-state index contributed by atoms with van der Waals surface area (Å²) in [6, 6.07) is 12.6. The van der Waals surface area contributed by atoms with Crippen molar-refractivity contribution in [1.82, 2.24) is 0 Å². The van der Waals surface area contributed by atoms with Crippen molar-refractivity contribution in [3.8, 4) is 0 Å². The van der Waals surface area contributed by atoms with E-state index in [1.165, 1.54) is 6.26 Å². The Hall–Kier alpha value is -2.01. The van der Waals surface area contributed by atoms with Crippen LogP contribution in [0.1, 0.15) is 11.1 Å². The fraction of sp³-hybridized carbons (Fsp3) is 0.200. The van der Waals surface area contributed by atoms with E-state index in [1.807, 2.05) is 37.3 Å². The average Bonchev–Trinajstić information content (AvgIpc) is 2.37. The first-order valence-electron chi connectivity index (χ1n) is 6.25. The van der Waals surface area contributed by atoms with Crippen molar-refractivity contribution in [3.63, 3.8) is 0 Å². The standard InChI is InChI=1S/C15H18N2O2S/c1-11-9-13(16)5-8-15(11)17-10-12-3-6-14(7-4-12)20(2,18)19/h3-9,17H,10,16H2,1-2H3. The lowest BCUT2D eigenvalue weighted by Crippen LogP contribution is -2.02. The molecule has 0 saturated heterocycles. The van der Waals surface area contributed by atoms with Crippen LogP contribution < -0.4 is 11.1 Å². The molecule has 3 N–H and O–H groups in total. The molecule has 0 bridgehead atoms. The molecule has 5 heteroatoms. The molecule has 0 spiro atoms. The lowest BCUT2D eigenvalue weighted by Gasteiger charge is -2.10. The Balaban J connectivity index is 2.08. The maximum absolute atomic E-state index is 11.4. The fourth-order valence-electron chi connectivity index (χ4n) is 1.94. The van der Waals surface area contributed by atoms with E-state index < -0.39 is 9.84 Å². The smallest absolute Gasteiger partial charge is 0.175 e. The molecule has 0 aliphatic rings. The zero-order chi connectivity index (χ0) is 14.8. The predicted octanol–water partition coefficient (Wildman–Crippen LogP) is 2.59. The van der Waals surface area contributed by atoms with E-state index >= 15 is 0 Å². The second kappa shape index (κ2) is 5.54. The van der Waals surface area contributed by atoms with Crippen molar-refractivity contribution in [2.45, 2.75) is 18.4 Å². The van der Waals surface area contributed by atoms with Gasteiger partial charge in [0.1, 0.15) is 0 Å². The second-order valence-corrected chi connectivity index (χ2v) is 6.86. The van der Waals surface area contributed by atoms with Gasteiger partial charge >= 0.3 is 0 Å². The number of nitrogens with two attached hydrogens (primary N) is 1. The van der Waals surface area contributed by atoms with Gasteiger partial charge < -0.3 is 11.1 Å². The first kappa shape index (κ1) is 14.4. The van der Waals surface area contributed by atoms with Crippen LogP contribution in [0.4, 0.5) is 11.4 Å². The van der Waals surface area contributed by atoms with Crippen LogP contribution in [0.5, 0.6) is 0 Å². The minimum absolute atomic E-state index is 0.338. The van der Waals surface area contributed by atoms with Crippen molar-refractivity contribution in [2.75, 3.05) is 17.3 Å². The number of rotatable bonds is 4. The summed E-state index contributed by atoms with van der Waals surface area (Å²) < 4.78 is 22.7. The maximum Gasteiger partial charge on any atom is 0.175 e. The molecule has 0 aliphatic carbocycles. The number of nitrogens with one attached hydrogen (secondary N) is 1. The Kier molecular flexibility index (Phi) is 3.99. The summed E-state index contributed by atoms with van der Waals surface area (Å²) in [5, 5.41) is 3.31. The van der Waals surface area contributed by atoms with E-state index in [-0.39, 0.29) is 0 Å². The van der Waals surface area contributed by atoms with Gasteiger partial charge in [-0.25, -0.2) is 8.42 Å². The van der Waals surface area contributed by atoms with Crippen molar-refractivity contribution >= 4 is 21.2 Å². The van der Waals surface area contributed by atoms with Crippen LogP contribution in [0.3, 0.4) is 0 Å². The summed E-state index contributed by atoms with van der Waals surface area (Å²) in [6.07, 6.45) is 1.21. The molecule has 0 heterocycles. The van der Waals surface area contributed by atoms with Gasteiger partial charge in [0.05, 0.1) is 4.90 Å². The van der Waals surface area contributed by atoms with Gasteiger partial charge in [0.2, 0.25) is 0 Å². The van der Waals surface area contributed by atoms with Crippen molar-refractivity contribution in [2.24, 2.45) is 0 Å². The van der Waals surface area contributed by atoms with Crippen LogP contribution in [0.15, 0.2) is 47.4 Å². The summed E-state index contributed by atoms with van der Waals surface area (Å²) in [4.78, 5) is 0.338. The van der Waals surface area contributed by atoms with E-state index in [0.29, 0.717) is 11.4 Å². The molecular weight excluding hydrogens is 272 g/mol. The van der Waals surface area contributed by atoms with Gasteiger partial charge in [-0.3, -0.25) is 0 Å². The van der Waals surface area contributed by atoms with Crippen molar-refractivity contribution < 1.29 is 8.42 Å². The van der Waals surface area contributed by atoms with Gasteiger partial charge in [-0.15, -0.1) is 0 Å². The molecule has 0 aromatic heterocycles. The molecule has 20 heavy (non-hydrogen) atoms. The first-order chi connectivity index (χ1) is 9.36. The topological polar surface area (TPSA) is 72.2 Å². The largest absolute Gasteiger partial charge is 0.399 e. The van der Waals surface area contributed by atoms with Gasteiger partial charge in [-0.05, 0) is 48.4 Å². The summed E-state index contributed by atoms with van der Waals surface area (Å²) in [5.74, 6) is 0. The van der Waals surface area contributed by atoms with E-state index in [2.05, 4.69) is 5.32 Å². The van der Waals surface area contributed by atoms with Crippen LogP contribution in [0.25, 0.3) is 0 Å². The van der Waals surface area contributed by atoms with E-state index in [4.69, 9.17) is 5.73 Å². The van der Waals surface area contributed by atoms with Crippen molar-refractivity contribution in [1.29, 1.82) is 0 Å².